The molecule has 0 aliphatic heterocycles. The molecular weight excluding hydrogens is 408 g/mol. The van der Waals surface area contributed by atoms with Crippen molar-refractivity contribution in [3.05, 3.63) is 104 Å². The molecule has 2 heterocycles. The first-order valence-corrected chi connectivity index (χ1v) is 10.8. The van der Waals surface area contributed by atoms with Crippen LogP contribution in [0.1, 0.15) is 16.8 Å². The van der Waals surface area contributed by atoms with Crippen molar-refractivity contribution in [2.24, 2.45) is 4.99 Å². The first kappa shape index (κ1) is 20.7. The summed E-state index contributed by atoms with van der Waals surface area (Å²) in [4.78, 5) is 20.9. The molecule has 0 unspecified atom stereocenters. The van der Waals surface area contributed by atoms with E-state index in [2.05, 4.69) is 40.9 Å². The number of hydrogen-bond acceptors (Lipinski definition) is 5. The Labute approximate surface area is 184 Å². The van der Waals surface area contributed by atoms with Crippen LogP contribution in [0, 0.1) is 24.0 Å². The molecular formula is C24H22N4O2S. The Morgan fingerprint density at radius 1 is 1.10 bits per heavy atom. The normalized spacial score (nSPS) is 11.6. The van der Waals surface area contributed by atoms with Crippen molar-refractivity contribution in [1.29, 1.82) is 0 Å². The molecule has 0 fully saturated rings. The van der Waals surface area contributed by atoms with Gasteiger partial charge in [-0.1, -0.05) is 23.8 Å². The van der Waals surface area contributed by atoms with Crippen molar-refractivity contribution in [3.63, 3.8) is 0 Å². The Bertz CT molecular complexity index is 1280. The number of aryl methyl sites for hydroxylation is 3. The van der Waals surface area contributed by atoms with E-state index in [0.29, 0.717) is 6.54 Å². The van der Waals surface area contributed by atoms with Gasteiger partial charge in [-0.3, -0.25) is 15.1 Å². The molecule has 156 valence electrons. The molecule has 4 rings (SSSR count). The Kier molecular flexibility index (Phi) is 6.04. The molecule has 4 aromatic rings. The number of nitro groups is 1. The molecule has 6 nitrogen and oxygen atoms in total. The lowest BCUT2D eigenvalue weighted by atomic mass is 10.1. The summed E-state index contributed by atoms with van der Waals surface area (Å²) in [6, 6.07) is 18.8. The van der Waals surface area contributed by atoms with Gasteiger partial charge >= 0.3 is 0 Å². The number of benzene rings is 2. The molecule has 31 heavy (non-hydrogen) atoms. The minimum Gasteiger partial charge on any atom is -0.316 e. The minimum atomic E-state index is -0.381. The van der Waals surface area contributed by atoms with Crippen molar-refractivity contribution < 1.29 is 4.92 Å². The summed E-state index contributed by atoms with van der Waals surface area (Å²) in [5.74, 6) is 0. The van der Waals surface area contributed by atoms with E-state index in [4.69, 9.17) is 4.99 Å². The molecule has 0 bridgehead atoms. The van der Waals surface area contributed by atoms with E-state index in [1.165, 1.54) is 17.7 Å². The van der Waals surface area contributed by atoms with Gasteiger partial charge in [0.1, 0.15) is 0 Å². The molecule has 0 N–H and O–H groups in total. The van der Waals surface area contributed by atoms with Gasteiger partial charge in [-0.25, -0.2) is 4.99 Å². The highest BCUT2D eigenvalue weighted by Crippen LogP contribution is 2.25. The van der Waals surface area contributed by atoms with Crippen LogP contribution in [-0.2, 0) is 13.0 Å². The fourth-order valence-electron chi connectivity index (χ4n) is 3.43. The summed E-state index contributed by atoms with van der Waals surface area (Å²) in [7, 11) is 0. The predicted octanol–water partition coefficient (Wildman–Crippen LogP) is 5.61. The lowest BCUT2D eigenvalue weighted by Crippen LogP contribution is -2.17. The summed E-state index contributed by atoms with van der Waals surface area (Å²) in [6.07, 6.45) is 2.56. The topological polar surface area (TPSA) is 73.3 Å². The summed E-state index contributed by atoms with van der Waals surface area (Å²) < 4.78 is 2.17. The molecule has 2 aromatic heterocycles. The number of nitro benzene ring substituents is 1. The maximum absolute atomic E-state index is 11.0. The van der Waals surface area contributed by atoms with Crippen molar-refractivity contribution in [1.82, 2.24) is 9.55 Å². The van der Waals surface area contributed by atoms with Crippen LogP contribution in [0.3, 0.4) is 0 Å². The first-order valence-electron chi connectivity index (χ1n) is 9.96. The van der Waals surface area contributed by atoms with E-state index in [1.54, 1.807) is 29.7 Å². The van der Waals surface area contributed by atoms with Gasteiger partial charge in [-0.15, -0.1) is 11.3 Å². The van der Waals surface area contributed by atoms with E-state index in [-0.39, 0.29) is 10.6 Å². The van der Waals surface area contributed by atoms with Crippen molar-refractivity contribution in [2.75, 3.05) is 0 Å². The predicted molar refractivity (Wildman–Crippen MR) is 123 cm³/mol. The van der Waals surface area contributed by atoms with Crippen LogP contribution in [0.5, 0.6) is 0 Å². The van der Waals surface area contributed by atoms with E-state index in [9.17, 15) is 10.1 Å². The number of rotatable bonds is 6. The van der Waals surface area contributed by atoms with E-state index in [1.807, 2.05) is 24.3 Å². The summed E-state index contributed by atoms with van der Waals surface area (Å²) >= 11 is 1.57. The maximum Gasteiger partial charge on any atom is 0.269 e. The third-order valence-electron chi connectivity index (χ3n) is 5.06. The lowest BCUT2D eigenvalue weighted by molar-refractivity contribution is -0.384. The third kappa shape index (κ3) is 4.78. The Balaban J connectivity index is 1.77. The molecule has 0 aliphatic rings. The van der Waals surface area contributed by atoms with Gasteiger partial charge in [-0.05, 0) is 55.3 Å². The van der Waals surface area contributed by atoms with Crippen molar-refractivity contribution in [3.8, 4) is 11.3 Å². The SMILES string of the molecule is Cc1ccc(N=c2scc(-c3ccc([N+](=O)[O-])cc3)n2CCc2ccccn2)c(C)c1. The quantitative estimate of drug-likeness (QED) is 0.295. The Morgan fingerprint density at radius 2 is 1.90 bits per heavy atom. The Morgan fingerprint density at radius 3 is 2.58 bits per heavy atom. The fraction of sp³-hybridized carbons (Fsp3) is 0.167. The van der Waals surface area contributed by atoms with Gasteiger partial charge < -0.3 is 4.57 Å². The maximum atomic E-state index is 11.0. The zero-order valence-electron chi connectivity index (χ0n) is 17.4. The van der Waals surface area contributed by atoms with E-state index in [0.717, 1.165) is 39.4 Å². The highest BCUT2D eigenvalue weighted by atomic mass is 32.1. The number of pyridine rings is 1. The van der Waals surface area contributed by atoms with Crippen LogP contribution < -0.4 is 4.80 Å². The minimum absolute atomic E-state index is 0.0826. The standard InChI is InChI=1S/C24H22N4O2S/c1-17-6-11-22(18(2)15-17)26-24-27(14-12-20-5-3-4-13-25-20)23(16-31-24)19-7-9-21(10-8-19)28(29)30/h3-11,13,15-16H,12,14H2,1-2H3. The molecule has 0 atom stereocenters. The highest BCUT2D eigenvalue weighted by Gasteiger charge is 2.12. The highest BCUT2D eigenvalue weighted by molar-refractivity contribution is 7.07. The summed E-state index contributed by atoms with van der Waals surface area (Å²) in [5.41, 5.74) is 6.27. The number of thiazole rings is 1. The van der Waals surface area contributed by atoms with E-state index < -0.39 is 0 Å². The van der Waals surface area contributed by atoms with Gasteiger partial charge in [-0.2, -0.15) is 0 Å². The molecule has 0 spiro atoms. The second-order valence-corrected chi connectivity index (χ2v) is 8.17. The number of hydrogen-bond donors (Lipinski definition) is 0. The molecule has 2 aromatic carbocycles. The van der Waals surface area contributed by atoms with E-state index >= 15 is 0 Å². The van der Waals surface area contributed by atoms with Gasteiger partial charge in [0.15, 0.2) is 4.80 Å². The average Bonchev–Trinajstić information content (AvgIpc) is 3.17. The molecule has 7 heteroatoms. The van der Waals surface area contributed by atoms with Crippen LogP contribution in [0.15, 0.2) is 77.2 Å². The van der Waals surface area contributed by atoms with Crippen LogP contribution in [-0.4, -0.2) is 14.5 Å². The van der Waals surface area contributed by atoms with Crippen LogP contribution in [0.4, 0.5) is 11.4 Å². The van der Waals surface area contributed by atoms with Gasteiger partial charge in [0, 0.05) is 42.4 Å². The third-order valence-corrected chi connectivity index (χ3v) is 5.92. The van der Waals surface area contributed by atoms with Crippen molar-refractivity contribution >= 4 is 22.7 Å². The van der Waals surface area contributed by atoms with Gasteiger partial charge in [0.05, 0.1) is 16.3 Å². The van der Waals surface area contributed by atoms with Crippen LogP contribution >= 0.6 is 11.3 Å². The number of aromatic nitrogens is 2. The average molecular weight is 431 g/mol. The summed E-state index contributed by atoms with van der Waals surface area (Å²) in [6.45, 7) is 4.84. The molecule has 0 saturated carbocycles. The fourth-order valence-corrected chi connectivity index (χ4v) is 4.37. The second kappa shape index (κ2) is 9.06. The first-order chi connectivity index (χ1) is 15.0. The number of non-ortho nitro benzene ring substituents is 1. The smallest absolute Gasteiger partial charge is 0.269 e. The molecule has 0 amide bonds. The van der Waals surface area contributed by atoms with Gasteiger partial charge in [0.2, 0.25) is 0 Å². The Hall–Kier alpha value is -3.58. The second-order valence-electron chi connectivity index (χ2n) is 7.33. The van der Waals surface area contributed by atoms with Crippen LogP contribution in [0.2, 0.25) is 0 Å². The largest absolute Gasteiger partial charge is 0.316 e. The van der Waals surface area contributed by atoms with Crippen LogP contribution in [0.25, 0.3) is 11.3 Å². The van der Waals surface area contributed by atoms with Crippen molar-refractivity contribution in [2.45, 2.75) is 26.8 Å². The molecule has 0 saturated heterocycles. The number of nitrogens with zero attached hydrogens (tertiary/aromatic N) is 4. The molecule has 0 aliphatic carbocycles. The zero-order valence-corrected chi connectivity index (χ0v) is 18.2. The van der Waals surface area contributed by atoms with Gasteiger partial charge in [0.25, 0.3) is 5.69 Å². The summed E-state index contributed by atoms with van der Waals surface area (Å²) in [5, 5.41) is 13.1. The zero-order chi connectivity index (χ0) is 21.8. The lowest BCUT2D eigenvalue weighted by Gasteiger charge is -2.10. The molecule has 0 radical (unpaired) electrons. The monoisotopic (exact) mass is 430 g/mol.